The fourth-order valence-corrected chi connectivity index (χ4v) is 5.74. The molecule has 2 aromatic carbocycles. The molecule has 1 aliphatic heterocycles. The molecule has 0 aliphatic carbocycles. The molecule has 0 unspecified atom stereocenters. The lowest BCUT2D eigenvalue weighted by atomic mass is 9.99. The lowest BCUT2D eigenvalue weighted by Gasteiger charge is -2.31. The molecular weight excluding hydrogens is 438 g/mol. The number of benzene rings is 2. The molecule has 1 fully saturated rings. The maximum absolute atomic E-state index is 13.5. The molecule has 2 heterocycles. The molecule has 1 amide bonds. The quantitative estimate of drug-likeness (QED) is 0.572. The van der Waals surface area contributed by atoms with E-state index in [0.29, 0.717) is 31.6 Å². The molecule has 1 N–H and O–H groups in total. The summed E-state index contributed by atoms with van der Waals surface area (Å²) >= 11 is 0. The molecule has 0 saturated carbocycles. The first-order chi connectivity index (χ1) is 15.9. The fourth-order valence-electron chi connectivity index (χ4n) is 3.97. The Kier molecular flexibility index (Phi) is 7.05. The smallest absolute Gasteiger partial charge is 0.248 e. The van der Waals surface area contributed by atoms with Gasteiger partial charge in [-0.15, -0.1) is 0 Å². The van der Waals surface area contributed by atoms with Crippen LogP contribution in [0.5, 0.6) is 0 Å². The third-order valence-corrected chi connectivity index (χ3v) is 7.75. The highest BCUT2D eigenvalue weighted by Gasteiger charge is 2.36. The summed E-state index contributed by atoms with van der Waals surface area (Å²) in [6.07, 6.45) is 4.67. The molecule has 1 aliphatic rings. The van der Waals surface area contributed by atoms with E-state index in [-0.39, 0.29) is 23.1 Å². The number of aromatic nitrogens is 1. The van der Waals surface area contributed by atoms with E-state index in [0.717, 1.165) is 11.1 Å². The molecule has 0 radical (unpaired) electrons. The minimum absolute atomic E-state index is 0.0556. The van der Waals surface area contributed by atoms with E-state index >= 15 is 0 Å². The van der Waals surface area contributed by atoms with Crippen molar-refractivity contribution in [3.63, 3.8) is 0 Å². The fraction of sp³-hybridized carbons (Fsp3) is 0.280. The Morgan fingerprint density at radius 3 is 2.55 bits per heavy atom. The number of aryl methyl sites for hydroxylation is 1. The van der Waals surface area contributed by atoms with Crippen LogP contribution in [0.15, 0.2) is 70.1 Å². The van der Waals surface area contributed by atoms with E-state index in [1.807, 2.05) is 60.7 Å². The standard InChI is InChI=1S/C25H27N3O4S/c1-19-24(23(32-27-19)15-14-20-9-4-2-5-10-20)33(30,31)28-16-8-13-22(18-28)25(29)26-17-21-11-6-3-7-12-21/h2-7,9-12,14-15,22H,8,13,16-18H2,1H3,(H,26,29)/b15-14+/t22-/m0/s1. The van der Waals surface area contributed by atoms with Gasteiger partial charge >= 0.3 is 0 Å². The van der Waals surface area contributed by atoms with Gasteiger partial charge in [0.1, 0.15) is 5.69 Å². The average Bonchev–Trinajstić information content (AvgIpc) is 3.23. The second-order valence-corrected chi connectivity index (χ2v) is 9.99. The maximum atomic E-state index is 13.5. The largest absolute Gasteiger partial charge is 0.355 e. The summed E-state index contributed by atoms with van der Waals surface area (Å²) in [5.74, 6) is -0.349. The monoisotopic (exact) mass is 465 g/mol. The van der Waals surface area contributed by atoms with Crippen LogP contribution in [0.25, 0.3) is 12.2 Å². The SMILES string of the molecule is Cc1noc(/C=C/c2ccccc2)c1S(=O)(=O)N1CCC[C@H](C(=O)NCc2ccccc2)C1. The molecule has 7 nitrogen and oxygen atoms in total. The van der Waals surface area contributed by atoms with E-state index in [2.05, 4.69) is 10.5 Å². The number of carbonyl (C=O) groups is 1. The van der Waals surface area contributed by atoms with Crippen LogP contribution in [-0.4, -0.2) is 36.9 Å². The minimum Gasteiger partial charge on any atom is -0.355 e. The number of amides is 1. The Balaban J connectivity index is 1.48. The van der Waals surface area contributed by atoms with Gasteiger partial charge in [0.25, 0.3) is 0 Å². The van der Waals surface area contributed by atoms with Crippen molar-refractivity contribution in [3.8, 4) is 0 Å². The first-order valence-corrected chi connectivity index (χ1v) is 12.4. The second-order valence-electron chi connectivity index (χ2n) is 8.11. The summed E-state index contributed by atoms with van der Waals surface area (Å²) in [6, 6.07) is 19.2. The molecule has 0 bridgehead atoms. The number of rotatable bonds is 7. The first kappa shape index (κ1) is 22.9. The lowest BCUT2D eigenvalue weighted by Crippen LogP contribution is -2.45. The highest BCUT2D eigenvalue weighted by molar-refractivity contribution is 7.89. The van der Waals surface area contributed by atoms with E-state index < -0.39 is 15.9 Å². The van der Waals surface area contributed by atoms with Gasteiger partial charge in [0, 0.05) is 19.6 Å². The molecule has 33 heavy (non-hydrogen) atoms. The first-order valence-electron chi connectivity index (χ1n) is 11.0. The highest BCUT2D eigenvalue weighted by atomic mass is 32.2. The van der Waals surface area contributed by atoms with Crippen molar-refractivity contribution in [2.45, 2.75) is 31.2 Å². The Labute approximate surface area is 194 Å². The van der Waals surface area contributed by atoms with Crippen LogP contribution in [0.4, 0.5) is 0 Å². The number of nitrogens with one attached hydrogen (secondary N) is 1. The topological polar surface area (TPSA) is 92.5 Å². The van der Waals surface area contributed by atoms with Gasteiger partial charge in [-0.2, -0.15) is 4.31 Å². The Bertz CT molecular complexity index is 1220. The van der Waals surface area contributed by atoms with Crippen molar-refractivity contribution in [2.24, 2.45) is 5.92 Å². The molecule has 3 aromatic rings. The Morgan fingerprint density at radius 1 is 1.12 bits per heavy atom. The lowest BCUT2D eigenvalue weighted by molar-refractivity contribution is -0.126. The number of carbonyl (C=O) groups excluding carboxylic acids is 1. The predicted molar refractivity (Wildman–Crippen MR) is 126 cm³/mol. The zero-order valence-electron chi connectivity index (χ0n) is 18.5. The third kappa shape index (κ3) is 5.40. The van der Waals surface area contributed by atoms with Crippen molar-refractivity contribution in [3.05, 3.63) is 83.2 Å². The van der Waals surface area contributed by atoms with Gasteiger partial charge in [0.05, 0.1) is 5.92 Å². The predicted octanol–water partition coefficient (Wildman–Crippen LogP) is 3.87. The molecular formula is C25H27N3O4S. The van der Waals surface area contributed by atoms with Crippen LogP contribution in [0.3, 0.4) is 0 Å². The molecule has 8 heteroatoms. The number of nitrogens with zero attached hydrogens (tertiary/aromatic N) is 2. The Morgan fingerprint density at radius 2 is 1.82 bits per heavy atom. The van der Waals surface area contributed by atoms with Gasteiger partial charge in [-0.25, -0.2) is 8.42 Å². The number of piperidine rings is 1. The van der Waals surface area contributed by atoms with Gasteiger partial charge in [-0.05, 0) is 37.0 Å². The van der Waals surface area contributed by atoms with Crippen molar-refractivity contribution >= 4 is 28.1 Å². The summed E-state index contributed by atoms with van der Waals surface area (Å²) in [5.41, 5.74) is 2.22. The molecule has 1 atom stereocenters. The summed E-state index contributed by atoms with van der Waals surface area (Å²) < 4.78 is 33.7. The summed E-state index contributed by atoms with van der Waals surface area (Å²) in [6.45, 7) is 2.53. The van der Waals surface area contributed by atoms with E-state index in [1.54, 1.807) is 19.1 Å². The van der Waals surface area contributed by atoms with Crippen molar-refractivity contribution in [1.82, 2.24) is 14.8 Å². The van der Waals surface area contributed by atoms with Gasteiger partial charge in [0.2, 0.25) is 15.9 Å². The van der Waals surface area contributed by atoms with Gasteiger partial charge < -0.3 is 9.84 Å². The molecule has 1 aromatic heterocycles. The van der Waals surface area contributed by atoms with Crippen LogP contribution in [0.1, 0.15) is 35.4 Å². The maximum Gasteiger partial charge on any atom is 0.248 e. The normalized spacial score (nSPS) is 17.3. The molecule has 4 rings (SSSR count). The van der Waals surface area contributed by atoms with Crippen LogP contribution in [0.2, 0.25) is 0 Å². The van der Waals surface area contributed by atoms with Crippen molar-refractivity contribution in [2.75, 3.05) is 13.1 Å². The Hall–Kier alpha value is -3.23. The van der Waals surface area contributed by atoms with Gasteiger partial charge in [0.15, 0.2) is 10.7 Å². The second kappa shape index (κ2) is 10.1. The summed E-state index contributed by atoms with van der Waals surface area (Å²) in [4.78, 5) is 12.8. The van der Waals surface area contributed by atoms with Crippen molar-refractivity contribution in [1.29, 1.82) is 0 Å². The highest BCUT2D eigenvalue weighted by Crippen LogP contribution is 2.29. The summed E-state index contributed by atoms with van der Waals surface area (Å²) in [7, 11) is -3.87. The van der Waals surface area contributed by atoms with E-state index in [4.69, 9.17) is 4.52 Å². The number of hydrogen-bond donors (Lipinski definition) is 1. The molecule has 0 spiro atoms. The van der Waals surface area contributed by atoms with E-state index in [9.17, 15) is 13.2 Å². The van der Waals surface area contributed by atoms with E-state index in [1.165, 1.54) is 4.31 Å². The van der Waals surface area contributed by atoms with Crippen LogP contribution in [0, 0.1) is 12.8 Å². The zero-order valence-corrected chi connectivity index (χ0v) is 19.3. The number of hydrogen-bond acceptors (Lipinski definition) is 5. The minimum atomic E-state index is -3.87. The third-order valence-electron chi connectivity index (χ3n) is 5.72. The summed E-state index contributed by atoms with van der Waals surface area (Å²) in [5, 5.41) is 6.83. The van der Waals surface area contributed by atoms with Crippen LogP contribution >= 0.6 is 0 Å². The molecule has 172 valence electrons. The van der Waals surface area contributed by atoms with Gasteiger partial charge in [-0.3, -0.25) is 4.79 Å². The van der Waals surface area contributed by atoms with Gasteiger partial charge in [-0.1, -0.05) is 71.9 Å². The molecule has 1 saturated heterocycles. The van der Waals surface area contributed by atoms with Crippen LogP contribution < -0.4 is 5.32 Å². The van der Waals surface area contributed by atoms with Crippen molar-refractivity contribution < 1.29 is 17.7 Å². The zero-order chi connectivity index (χ0) is 23.3. The van der Waals surface area contributed by atoms with Crippen LogP contribution in [-0.2, 0) is 21.4 Å². The average molecular weight is 466 g/mol. The number of sulfonamides is 1.